The Kier molecular flexibility index (Phi) is 4.88. The first kappa shape index (κ1) is 14.4. The van der Waals surface area contributed by atoms with E-state index >= 15 is 0 Å². The Morgan fingerprint density at radius 2 is 2.26 bits per heavy atom. The lowest BCUT2D eigenvalue weighted by molar-refractivity contribution is -0.139. The van der Waals surface area contributed by atoms with Gasteiger partial charge in [-0.25, -0.2) is 4.79 Å². The van der Waals surface area contributed by atoms with Gasteiger partial charge in [-0.3, -0.25) is 0 Å². The van der Waals surface area contributed by atoms with Gasteiger partial charge in [0.1, 0.15) is 6.04 Å². The molecule has 1 aromatic rings. The number of hydrogen-bond donors (Lipinski definition) is 2. The summed E-state index contributed by atoms with van der Waals surface area (Å²) >= 11 is 9.27. The molecule has 1 aliphatic rings. The Labute approximate surface area is 125 Å². The van der Waals surface area contributed by atoms with Gasteiger partial charge >= 0.3 is 5.97 Å². The maximum Gasteiger partial charge on any atom is 0.326 e. The van der Waals surface area contributed by atoms with Crippen molar-refractivity contribution in [1.29, 1.82) is 0 Å². The number of allylic oxidation sites excluding steroid dienone is 2. The van der Waals surface area contributed by atoms with E-state index in [4.69, 9.17) is 11.6 Å². The van der Waals surface area contributed by atoms with Crippen LogP contribution >= 0.6 is 27.5 Å². The molecule has 2 atom stereocenters. The Balaban J connectivity index is 2.13. The fraction of sp³-hybridized carbons (Fsp3) is 0.357. The highest BCUT2D eigenvalue weighted by Gasteiger charge is 2.27. The highest BCUT2D eigenvalue weighted by molar-refractivity contribution is 9.10. The van der Waals surface area contributed by atoms with Gasteiger partial charge in [-0.05, 0) is 59.3 Å². The average molecular weight is 345 g/mol. The van der Waals surface area contributed by atoms with Crippen LogP contribution in [0.2, 0.25) is 5.02 Å². The summed E-state index contributed by atoms with van der Waals surface area (Å²) in [6.07, 6.45) is 6.81. The number of rotatable bonds is 4. The van der Waals surface area contributed by atoms with Crippen LogP contribution < -0.4 is 5.32 Å². The van der Waals surface area contributed by atoms with E-state index in [0.717, 1.165) is 29.4 Å². The van der Waals surface area contributed by atoms with Crippen molar-refractivity contribution in [3.8, 4) is 0 Å². The highest BCUT2D eigenvalue weighted by Crippen LogP contribution is 2.28. The quantitative estimate of drug-likeness (QED) is 0.800. The molecule has 1 aromatic carbocycles. The molecule has 5 heteroatoms. The molecule has 0 aromatic heterocycles. The minimum Gasteiger partial charge on any atom is -0.480 e. The lowest BCUT2D eigenvalue weighted by Crippen LogP contribution is -2.37. The van der Waals surface area contributed by atoms with Gasteiger partial charge in [0.15, 0.2) is 0 Å². The van der Waals surface area contributed by atoms with Gasteiger partial charge in [0.25, 0.3) is 0 Å². The zero-order chi connectivity index (χ0) is 13.8. The van der Waals surface area contributed by atoms with Crippen LogP contribution in [-0.4, -0.2) is 17.1 Å². The molecule has 0 saturated carbocycles. The van der Waals surface area contributed by atoms with E-state index in [9.17, 15) is 9.90 Å². The van der Waals surface area contributed by atoms with Gasteiger partial charge < -0.3 is 10.4 Å². The van der Waals surface area contributed by atoms with Gasteiger partial charge in [0, 0.05) is 10.2 Å². The maximum absolute atomic E-state index is 11.4. The summed E-state index contributed by atoms with van der Waals surface area (Å²) in [4.78, 5) is 11.4. The number of carbonyl (C=O) groups is 1. The number of carboxylic acid groups (broad SMARTS) is 1. The van der Waals surface area contributed by atoms with Gasteiger partial charge in [0.05, 0.1) is 5.02 Å². The monoisotopic (exact) mass is 343 g/mol. The van der Waals surface area contributed by atoms with Gasteiger partial charge in [-0.2, -0.15) is 0 Å². The van der Waals surface area contributed by atoms with Crippen LogP contribution in [0.15, 0.2) is 34.8 Å². The second-order valence-corrected chi connectivity index (χ2v) is 5.90. The standard InChI is InChI=1S/C14H15BrClNO2/c15-11-8-10(6-7-12(11)16)17-13(14(18)19)9-4-2-1-3-5-9/h1-2,6-9,13,17H,3-5H2,(H,18,19). The smallest absolute Gasteiger partial charge is 0.326 e. The Hall–Kier alpha value is -1.000. The second-order valence-electron chi connectivity index (χ2n) is 4.63. The maximum atomic E-state index is 11.4. The molecule has 102 valence electrons. The number of hydrogen-bond acceptors (Lipinski definition) is 2. The van der Waals surface area contributed by atoms with Crippen LogP contribution in [0, 0.1) is 5.92 Å². The van der Waals surface area contributed by atoms with E-state index in [2.05, 4.69) is 33.4 Å². The SMILES string of the molecule is O=C(O)C(Nc1ccc(Cl)c(Br)c1)C1CC=CCC1. The van der Waals surface area contributed by atoms with E-state index < -0.39 is 12.0 Å². The first-order valence-electron chi connectivity index (χ1n) is 6.17. The minimum absolute atomic E-state index is 0.122. The summed E-state index contributed by atoms with van der Waals surface area (Å²) in [5, 5.41) is 13.1. The van der Waals surface area contributed by atoms with Crippen LogP contribution in [0.1, 0.15) is 19.3 Å². The molecule has 1 aliphatic carbocycles. The highest BCUT2D eigenvalue weighted by atomic mass is 79.9. The van der Waals surface area contributed by atoms with E-state index in [1.54, 1.807) is 18.2 Å². The third kappa shape index (κ3) is 3.74. The lowest BCUT2D eigenvalue weighted by atomic mass is 9.87. The molecule has 3 nitrogen and oxygen atoms in total. The Morgan fingerprint density at radius 1 is 1.47 bits per heavy atom. The number of aliphatic carboxylic acids is 1. The van der Waals surface area contributed by atoms with Crippen LogP contribution in [0.4, 0.5) is 5.69 Å². The van der Waals surface area contributed by atoms with Gasteiger partial charge in [-0.15, -0.1) is 0 Å². The molecule has 0 saturated heterocycles. The summed E-state index contributed by atoms with van der Waals surface area (Å²) < 4.78 is 0.756. The first-order valence-corrected chi connectivity index (χ1v) is 7.34. The molecule has 0 aliphatic heterocycles. The Bertz CT molecular complexity index is 504. The van der Waals surface area contributed by atoms with Gasteiger partial charge in [0.2, 0.25) is 0 Å². The number of halogens is 2. The predicted molar refractivity (Wildman–Crippen MR) is 80.7 cm³/mol. The van der Waals surface area contributed by atoms with Gasteiger partial charge in [-0.1, -0.05) is 23.8 Å². The molecule has 2 rings (SSSR count). The molecular formula is C14H15BrClNO2. The van der Waals surface area contributed by atoms with E-state index in [-0.39, 0.29) is 5.92 Å². The lowest BCUT2D eigenvalue weighted by Gasteiger charge is -2.26. The summed E-state index contributed by atoms with van der Waals surface area (Å²) in [6, 6.07) is 4.77. The van der Waals surface area contributed by atoms with Crippen molar-refractivity contribution in [2.75, 3.05) is 5.32 Å². The van der Waals surface area contributed by atoms with Crippen molar-refractivity contribution >= 4 is 39.2 Å². The molecule has 0 radical (unpaired) electrons. The fourth-order valence-corrected chi connectivity index (χ4v) is 2.76. The zero-order valence-electron chi connectivity index (χ0n) is 10.3. The normalized spacial score (nSPS) is 20.0. The van der Waals surface area contributed by atoms with Crippen molar-refractivity contribution in [3.63, 3.8) is 0 Å². The third-order valence-electron chi connectivity index (χ3n) is 3.29. The number of benzene rings is 1. The molecule has 19 heavy (non-hydrogen) atoms. The third-order valence-corrected chi connectivity index (χ3v) is 4.50. The van der Waals surface area contributed by atoms with Crippen molar-refractivity contribution < 1.29 is 9.90 Å². The van der Waals surface area contributed by atoms with Crippen molar-refractivity contribution in [2.45, 2.75) is 25.3 Å². The molecule has 0 bridgehead atoms. The van der Waals surface area contributed by atoms with Crippen LogP contribution in [-0.2, 0) is 4.79 Å². The molecule has 0 fully saturated rings. The zero-order valence-corrected chi connectivity index (χ0v) is 12.6. The summed E-state index contributed by atoms with van der Waals surface area (Å²) in [5.41, 5.74) is 0.762. The second kappa shape index (κ2) is 6.44. The fourth-order valence-electron chi connectivity index (χ4n) is 2.27. The number of carboxylic acids is 1. The van der Waals surface area contributed by atoms with E-state index in [0.29, 0.717) is 5.02 Å². The summed E-state index contributed by atoms with van der Waals surface area (Å²) in [7, 11) is 0. The average Bonchev–Trinajstić information content (AvgIpc) is 2.40. The first-order chi connectivity index (χ1) is 9.08. The summed E-state index contributed by atoms with van der Waals surface area (Å²) in [6.45, 7) is 0. The molecule has 0 spiro atoms. The van der Waals surface area contributed by atoms with Crippen molar-refractivity contribution in [2.24, 2.45) is 5.92 Å². The topological polar surface area (TPSA) is 49.3 Å². The van der Waals surface area contributed by atoms with E-state index in [1.807, 2.05) is 0 Å². The van der Waals surface area contributed by atoms with Crippen molar-refractivity contribution in [3.05, 3.63) is 39.8 Å². The van der Waals surface area contributed by atoms with E-state index in [1.165, 1.54) is 0 Å². The van der Waals surface area contributed by atoms with Crippen molar-refractivity contribution in [1.82, 2.24) is 0 Å². The molecular weight excluding hydrogens is 330 g/mol. The molecule has 2 unspecified atom stereocenters. The number of anilines is 1. The van der Waals surface area contributed by atoms with Crippen LogP contribution in [0.3, 0.4) is 0 Å². The molecule has 2 N–H and O–H groups in total. The molecule has 0 amide bonds. The predicted octanol–water partition coefficient (Wildman–Crippen LogP) is 4.32. The van der Waals surface area contributed by atoms with Crippen LogP contribution in [0.5, 0.6) is 0 Å². The largest absolute Gasteiger partial charge is 0.480 e. The Morgan fingerprint density at radius 3 is 2.84 bits per heavy atom. The summed E-state index contributed by atoms with van der Waals surface area (Å²) in [5.74, 6) is -0.691. The molecule has 0 heterocycles. The number of nitrogens with one attached hydrogen (secondary N) is 1. The minimum atomic E-state index is -0.814. The van der Waals surface area contributed by atoms with Crippen LogP contribution in [0.25, 0.3) is 0 Å².